The third-order valence-corrected chi connectivity index (χ3v) is 5.08. The molecule has 140 valence electrons. The van der Waals surface area contributed by atoms with Crippen LogP contribution in [-0.4, -0.2) is 47.3 Å². The molecule has 0 spiro atoms. The summed E-state index contributed by atoms with van der Waals surface area (Å²) in [6.07, 6.45) is 2.71. The van der Waals surface area contributed by atoms with E-state index in [1.807, 2.05) is 24.3 Å². The molecule has 0 aliphatic carbocycles. The second-order valence-corrected chi connectivity index (χ2v) is 7.34. The Labute approximate surface area is 162 Å². The summed E-state index contributed by atoms with van der Waals surface area (Å²) in [7, 11) is 2.10. The number of likely N-dealkylation sites (tertiary alicyclic amines) is 1. The van der Waals surface area contributed by atoms with E-state index in [2.05, 4.69) is 22.4 Å². The summed E-state index contributed by atoms with van der Waals surface area (Å²) in [6.45, 7) is 2.75. The maximum atomic E-state index is 12.7. The second kappa shape index (κ2) is 7.58. The Hall–Kier alpha value is -2.57. The van der Waals surface area contributed by atoms with Crippen LogP contribution in [0.5, 0.6) is 0 Å². The lowest BCUT2D eigenvalue weighted by atomic mass is 10.1. The van der Waals surface area contributed by atoms with Crippen molar-refractivity contribution in [3.63, 3.8) is 0 Å². The lowest BCUT2D eigenvalue weighted by Gasteiger charge is -2.10. The van der Waals surface area contributed by atoms with Crippen LogP contribution >= 0.6 is 11.6 Å². The minimum atomic E-state index is -0.176. The molecule has 3 aromatic rings. The Morgan fingerprint density at radius 2 is 2.15 bits per heavy atom. The van der Waals surface area contributed by atoms with E-state index in [9.17, 15) is 4.79 Å². The lowest BCUT2D eigenvalue weighted by Crippen LogP contribution is -2.30. The molecule has 1 N–H and O–H groups in total. The monoisotopic (exact) mass is 384 g/mol. The molecule has 27 heavy (non-hydrogen) atoms. The molecule has 4 rings (SSSR count). The van der Waals surface area contributed by atoms with Gasteiger partial charge >= 0.3 is 0 Å². The first-order chi connectivity index (χ1) is 13.1. The van der Waals surface area contributed by atoms with Gasteiger partial charge in [-0.05, 0) is 62.3 Å². The number of hydrogen-bond donors (Lipinski definition) is 1. The standard InChI is InChI=1S/C20H21ClN4O2/c1-24-9-8-14(13-24)12-22-20(26)17-11-18(19-3-2-10-27-19)25(23-17)16-6-4-15(21)5-7-16/h2-7,10-11,14H,8-9,12-13H2,1H3,(H,22,26). The molecular formula is C20H21ClN4O2. The number of amides is 1. The first-order valence-electron chi connectivity index (χ1n) is 8.97. The minimum Gasteiger partial charge on any atom is -0.463 e. The number of hydrogen-bond acceptors (Lipinski definition) is 4. The summed E-state index contributed by atoms with van der Waals surface area (Å²) < 4.78 is 7.23. The van der Waals surface area contributed by atoms with Crippen molar-refractivity contribution in [2.24, 2.45) is 5.92 Å². The van der Waals surface area contributed by atoms with Gasteiger partial charge < -0.3 is 14.6 Å². The fourth-order valence-electron chi connectivity index (χ4n) is 3.39. The van der Waals surface area contributed by atoms with E-state index >= 15 is 0 Å². The summed E-state index contributed by atoms with van der Waals surface area (Å²) in [5.41, 5.74) is 1.89. The molecule has 1 aliphatic rings. The Morgan fingerprint density at radius 1 is 1.33 bits per heavy atom. The van der Waals surface area contributed by atoms with Gasteiger partial charge in [-0.3, -0.25) is 4.79 Å². The Bertz CT molecular complexity index is 918. The van der Waals surface area contributed by atoms with Gasteiger partial charge in [-0.15, -0.1) is 0 Å². The molecule has 0 radical (unpaired) electrons. The number of halogens is 1. The minimum absolute atomic E-state index is 0.176. The first-order valence-corrected chi connectivity index (χ1v) is 9.34. The topological polar surface area (TPSA) is 63.3 Å². The fraction of sp³-hybridized carbons (Fsp3) is 0.300. The van der Waals surface area contributed by atoms with Gasteiger partial charge in [-0.25, -0.2) is 4.68 Å². The maximum Gasteiger partial charge on any atom is 0.271 e. The predicted octanol–water partition coefficient (Wildman–Crippen LogP) is 3.47. The van der Waals surface area contributed by atoms with Crippen molar-refractivity contribution in [1.29, 1.82) is 0 Å². The van der Waals surface area contributed by atoms with E-state index in [1.165, 1.54) is 0 Å². The number of nitrogens with zero attached hydrogens (tertiary/aromatic N) is 3. The normalized spacial score (nSPS) is 17.3. The van der Waals surface area contributed by atoms with Crippen LogP contribution in [-0.2, 0) is 0 Å². The number of rotatable bonds is 5. The largest absolute Gasteiger partial charge is 0.463 e. The number of carbonyl (C=O) groups is 1. The first kappa shape index (κ1) is 17.8. The third kappa shape index (κ3) is 3.91. The van der Waals surface area contributed by atoms with Crippen LogP contribution in [0.15, 0.2) is 53.1 Å². The highest BCUT2D eigenvalue weighted by Gasteiger charge is 2.22. The number of furan rings is 1. The molecule has 1 atom stereocenters. The second-order valence-electron chi connectivity index (χ2n) is 6.91. The summed E-state index contributed by atoms with van der Waals surface area (Å²) in [6, 6.07) is 12.7. The predicted molar refractivity (Wildman–Crippen MR) is 104 cm³/mol. The highest BCUT2D eigenvalue weighted by molar-refractivity contribution is 6.30. The molecule has 3 heterocycles. The van der Waals surface area contributed by atoms with Gasteiger partial charge in [0.15, 0.2) is 11.5 Å². The van der Waals surface area contributed by atoms with Crippen LogP contribution in [0.2, 0.25) is 5.02 Å². The molecule has 1 aromatic carbocycles. The lowest BCUT2D eigenvalue weighted by molar-refractivity contribution is 0.0942. The Balaban J connectivity index is 1.59. The molecule has 0 bridgehead atoms. The van der Waals surface area contributed by atoms with Crippen molar-refractivity contribution in [3.8, 4) is 17.1 Å². The van der Waals surface area contributed by atoms with Crippen molar-refractivity contribution in [3.05, 3.63) is 59.4 Å². The summed E-state index contributed by atoms with van der Waals surface area (Å²) >= 11 is 5.99. The third-order valence-electron chi connectivity index (χ3n) is 4.83. The highest BCUT2D eigenvalue weighted by Crippen LogP contribution is 2.25. The SMILES string of the molecule is CN1CCC(CNC(=O)c2cc(-c3ccco3)n(-c3ccc(Cl)cc3)n2)C1. The van der Waals surface area contributed by atoms with Crippen molar-refractivity contribution in [2.45, 2.75) is 6.42 Å². The van der Waals surface area contributed by atoms with Gasteiger partial charge in [-0.2, -0.15) is 5.10 Å². The Kier molecular flexibility index (Phi) is 5.01. The van der Waals surface area contributed by atoms with Gasteiger partial charge in [-0.1, -0.05) is 11.6 Å². The van der Waals surface area contributed by atoms with Crippen LogP contribution in [0.1, 0.15) is 16.9 Å². The van der Waals surface area contributed by atoms with Gasteiger partial charge in [0.25, 0.3) is 5.91 Å². The van der Waals surface area contributed by atoms with Crippen LogP contribution < -0.4 is 5.32 Å². The average molecular weight is 385 g/mol. The van der Waals surface area contributed by atoms with E-state index in [0.29, 0.717) is 34.6 Å². The van der Waals surface area contributed by atoms with Gasteiger partial charge in [0.05, 0.1) is 12.0 Å². The molecule has 1 fully saturated rings. The highest BCUT2D eigenvalue weighted by atomic mass is 35.5. The molecule has 1 unspecified atom stereocenters. The zero-order valence-corrected chi connectivity index (χ0v) is 15.8. The molecule has 1 amide bonds. The van der Waals surface area contributed by atoms with Crippen molar-refractivity contribution in [2.75, 3.05) is 26.7 Å². The number of benzene rings is 1. The van der Waals surface area contributed by atoms with Gasteiger partial charge in [0, 0.05) is 24.2 Å². The zero-order valence-electron chi connectivity index (χ0n) is 15.1. The molecule has 0 saturated carbocycles. The molecule has 1 saturated heterocycles. The van der Waals surface area contributed by atoms with Crippen LogP contribution in [0.4, 0.5) is 0 Å². The summed E-state index contributed by atoms with van der Waals surface area (Å²) in [5, 5.41) is 8.18. The van der Waals surface area contributed by atoms with Crippen LogP contribution in [0.3, 0.4) is 0 Å². The van der Waals surface area contributed by atoms with E-state index in [0.717, 1.165) is 25.2 Å². The van der Waals surface area contributed by atoms with Gasteiger partial charge in [0.2, 0.25) is 0 Å². The number of aromatic nitrogens is 2. The van der Waals surface area contributed by atoms with E-state index in [4.69, 9.17) is 16.0 Å². The van der Waals surface area contributed by atoms with Crippen LogP contribution in [0.25, 0.3) is 17.1 Å². The van der Waals surface area contributed by atoms with E-state index in [-0.39, 0.29) is 5.91 Å². The van der Waals surface area contributed by atoms with E-state index in [1.54, 1.807) is 29.1 Å². The zero-order chi connectivity index (χ0) is 18.8. The Morgan fingerprint density at radius 3 is 2.81 bits per heavy atom. The van der Waals surface area contributed by atoms with Crippen molar-refractivity contribution >= 4 is 17.5 Å². The quantitative estimate of drug-likeness (QED) is 0.731. The molecule has 6 nitrogen and oxygen atoms in total. The number of carbonyl (C=O) groups excluding carboxylic acids is 1. The van der Waals surface area contributed by atoms with Crippen LogP contribution in [0, 0.1) is 5.92 Å². The smallest absolute Gasteiger partial charge is 0.271 e. The molecule has 2 aromatic heterocycles. The summed E-state index contributed by atoms with van der Waals surface area (Å²) in [5.74, 6) is 0.959. The molecular weight excluding hydrogens is 364 g/mol. The average Bonchev–Trinajstić information content (AvgIpc) is 3.40. The molecule has 1 aliphatic heterocycles. The maximum absolute atomic E-state index is 12.7. The van der Waals surface area contributed by atoms with Crippen molar-refractivity contribution < 1.29 is 9.21 Å². The summed E-state index contributed by atoms with van der Waals surface area (Å²) in [4.78, 5) is 14.9. The fourth-order valence-corrected chi connectivity index (χ4v) is 3.52. The molecule has 7 heteroatoms. The van der Waals surface area contributed by atoms with Gasteiger partial charge in [0.1, 0.15) is 5.69 Å². The van der Waals surface area contributed by atoms with E-state index < -0.39 is 0 Å². The van der Waals surface area contributed by atoms with Crippen molar-refractivity contribution in [1.82, 2.24) is 20.0 Å². The number of nitrogens with one attached hydrogen (secondary N) is 1.